The zero-order valence-electron chi connectivity index (χ0n) is 8.37. The van der Waals surface area contributed by atoms with Gasteiger partial charge in [0.15, 0.2) is 11.6 Å². The summed E-state index contributed by atoms with van der Waals surface area (Å²) < 4.78 is 13.2. The predicted molar refractivity (Wildman–Crippen MR) is 58.2 cm³/mol. The lowest BCUT2D eigenvalue weighted by molar-refractivity contribution is 0.432. The first kappa shape index (κ1) is 9.71. The monoisotopic (exact) mass is 202 g/mol. The number of rotatable bonds is 1. The van der Waals surface area contributed by atoms with Crippen LogP contribution in [0.1, 0.15) is 5.56 Å². The number of aromatic hydroxyl groups is 1. The molecule has 0 aromatic heterocycles. The number of hydrogen-bond acceptors (Lipinski definition) is 1. The Hall–Kier alpha value is -1.83. The quantitative estimate of drug-likeness (QED) is 0.750. The van der Waals surface area contributed by atoms with E-state index in [1.807, 2.05) is 37.3 Å². The summed E-state index contributed by atoms with van der Waals surface area (Å²) in [6.45, 7) is 1.85. The van der Waals surface area contributed by atoms with Crippen molar-refractivity contribution in [3.63, 3.8) is 0 Å². The van der Waals surface area contributed by atoms with Crippen LogP contribution >= 0.6 is 0 Å². The number of hydrogen-bond donors (Lipinski definition) is 1. The molecular formula is C13H11FO. The Morgan fingerprint density at radius 2 is 1.73 bits per heavy atom. The van der Waals surface area contributed by atoms with E-state index in [1.165, 1.54) is 12.1 Å². The first-order valence-corrected chi connectivity index (χ1v) is 4.73. The molecule has 1 nitrogen and oxygen atoms in total. The largest absolute Gasteiger partial charge is 0.505 e. The fourth-order valence-electron chi connectivity index (χ4n) is 1.59. The third-order valence-corrected chi connectivity index (χ3v) is 2.38. The molecule has 0 aliphatic rings. The molecule has 0 fully saturated rings. The van der Waals surface area contributed by atoms with Gasteiger partial charge in [-0.2, -0.15) is 0 Å². The minimum Gasteiger partial charge on any atom is -0.505 e. The van der Waals surface area contributed by atoms with Gasteiger partial charge in [-0.05, 0) is 35.7 Å². The van der Waals surface area contributed by atoms with Crippen LogP contribution in [0.3, 0.4) is 0 Å². The highest BCUT2D eigenvalue weighted by atomic mass is 19.1. The second kappa shape index (κ2) is 3.73. The van der Waals surface area contributed by atoms with Crippen molar-refractivity contribution in [2.75, 3.05) is 0 Å². The summed E-state index contributed by atoms with van der Waals surface area (Å²) in [6.07, 6.45) is 0. The minimum atomic E-state index is -0.584. The molecule has 0 saturated heterocycles. The predicted octanol–water partition coefficient (Wildman–Crippen LogP) is 3.51. The zero-order chi connectivity index (χ0) is 10.8. The smallest absolute Gasteiger partial charge is 0.165 e. The summed E-state index contributed by atoms with van der Waals surface area (Å²) in [5.74, 6) is -0.883. The van der Waals surface area contributed by atoms with Gasteiger partial charge in [0.05, 0.1) is 0 Å². The molecule has 2 rings (SSSR count). The van der Waals surface area contributed by atoms with Gasteiger partial charge in [-0.1, -0.05) is 30.3 Å². The molecule has 2 heteroatoms. The third kappa shape index (κ3) is 1.84. The summed E-state index contributed by atoms with van der Waals surface area (Å²) in [5, 5.41) is 9.20. The number of halogens is 1. The van der Waals surface area contributed by atoms with Gasteiger partial charge in [0.2, 0.25) is 0 Å². The van der Waals surface area contributed by atoms with E-state index >= 15 is 0 Å². The van der Waals surface area contributed by atoms with Crippen LogP contribution in [-0.2, 0) is 0 Å². The van der Waals surface area contributed by atoms with Crippen molar-refractivity contribution < 1.29 is 9.50 Å². The van der Waals surface area contributed by atoms with E-state index in [0.717, 1.165) is 16.7 Å². The third-order valence-electron chi connectivity index (χ3n) is 2.38. The van der Waals surface area contributed by atoms with Crippen LogP contribution in [0.15, 0.2) is 42.5 Å². The number of aryl methyl sites for hydroxylation is 1. The molecular weight excluding hydrogens is 191 g/mol. The summed E-state index contributed by atoms with van der Waals surface area (Å²) in [5.41, 5.74) is 2.62. The van der Waals surface area contributed by atoms with Gasteiger partial charge in [0.1, 0.15) is 0 Å². The van der Waals surface area contributed by atoms with Crippen LogP contribution in [0.25, 0.3) is 11.1 Å². The Labute approximate surface area is 87.8 Å². The average Bonchev–Trinajstić information content (AvgIpc) is 2.25. The topological polar surface area (TPSA) is 20.2 Å². The van der Waals surface area contributed by atoms with E-state index in [-0.39, 0.29) is 5.75 Å². The second-order valence-electron chi connectivity index (χ2n) is 3.48. The second-order valence-corrected chi connectivity index (χ2v) is 3.48. The van der Waals surface area contributed by atoms with E-state index < -0.39 is 5.82 Å². The molecule has 0 bridgehead atoms. The molecule has 0 amide bonds. The summed E-state index contributed by atoms with van der Waals surface area (Å²) in [7, 11) is 0. The standard InChI is InChI=1S/C13H11FO/c1-9-7-13(15)12(14)8-11(9)10-5-3-2-4-6-10/h2-8,15H,1H3. The minimum absolute atomic E-state index is 0.299. The van der Waals surface area contributed by atoms with Gasteiger partial charge in [-0.3, -0.25) is 0 Å². The number of benzene rings is 2. The fraction of sp³-hybridized carbons (Fsp3) is 0.0769. The van der Waals surface area contributed by atoms with Crippen LogP contribution in [-0.4, -0.2) is 5.11 Å². The number of phenols is 1. The molecule has 0 aliphatic heterocycles. The van der Waals surface area contributed by atoms with Crippen molar-refractivity contribution in [1.82, 2.24) is 0 Å². The average molecular weight is 202 g/mol. The molecule has 2 aromatic carbocycles. The lowest BCUT2D eigenvalue weighted by Gasteiger charge is -2.07. The highest BCUT2D eigenvalue weighted by Gasteiger charge is 2.07. The lowest BCUT2D eigenvalue weighted by atomic mass is 10.0. The molecule has 0 unspecified atom stereocenters. The first-order valence-electron chi connectivity index (χ1n) is 4.73. The lowest BCUT2D eigenvalue weighted by Crippen LogP contribution is -1.86. The van der Waals surface area contributed by atoms with E-state index in [2.05, 4.69) is 0 Å². The van der Waals surface area contributed by atoms with Crippen LogP contribution in [0.2, 0.25) is 0 Å². The molecule has 1 N–H and O–H groups in total. The van der Waals surface area contributed by atoms with E-state index in [9.17, 15) is 9.50 Å². The van der Waals surface area contributed by atoms with Crippen LogP contribution in [0.4, 0.5) is 4.39 Å². The van der Waals surface area contributed by atoms with E-state index in [4.69, 9.17) is 0 Å². The molecule has 0 heterocycles. The molecule has 15 heavy (non-hydrogen) atoms. The molecule has 0 spiro atoms. The highest BCUT2D eigenvalue weighted by Crippen LogP contribution is 2.28. The van der Waals surface area contributed by atoms with E-state index in [1.54, 1.807) is 0 Å². The molecule has 0 radical (unpaired) electrons. The molecule has 0 atom stereocenters. The molecule has 2 aromatic rings. The van der Waals surface area contributed by atoms with Gasteiger partial charge < -0.3 is 5.11 Å². The maximum absolute atomic E-state index is 13.2. The molecule has 76 valence electrons. The maximum atomic E-state index is 13.2. The van der Waals surface area contributed by atoms with Crippen molar-refractivity contribution in [1.29, 1.82) is 0 Å². The fourth-order valence-corrected chi connectivity index (χ4v) is 1.59. The van der Waals surface area contributed by atoms with Gasteiger partial charge in [-0.25, -0.2) is 4.39 Å². The van der Waals surface area contributed by atoms with Crippen molar-refractivity contribution in [2.24, 2.45) is 0 Å². The summed E-state index contributed by atoms with van der Waals surface area (Å²) in [6, 6.07) is 12.4. The van der Waals surface area contributed by atoms with Crippen LogP contribution in [0, 0.1) is 12.7 Å². The maximum Gasteiger partial charge on any atom is 0.165 e. The SMILES string of the molecule is Cc1cc(O)c(F)cc1-c1ccccc1. The van der Waals surface area contributed by atoms with Crippen molar-refractivity contribution >= 4 is 0 Å². The normalized spacial score (nSPS) is 10.3. The van der Waals surface area contributed by atoms with Gasteiger partial charge >= 0.3 is 0 Å². The zero-order valence-corrected chi connectivity index (χ0v) is 8.37. The van der Waals surface area contributed by atoms with Gasteiger partial charge in [-0.15, -0.1) is 0 Å². The van der Waals surface area contributed by atoms with Gasteiger partial charge in [0, 0.05) is 0 Å². The van der Waals surface area contributed by atoms with Crippen LogP contribution in [0.5, 0.6) is 5.75 Å². The first-order chi connectivity index (χ1) is 7.18. The summed E-state index contributed by atoms with van der Waals surface area (Å²) in [4.78, 5) is 0. The Kier molecular flexibility index (Phi) is 2.42. The Bertz CT molecular complexity index is 477. The molecule has 0 aliphatic carbocycles. The summed E-state index contributed by atoms with van der Waals surface area (Å²) >= 11 is 0. The van der Waals surface area contributed by atoms with E-state index in [0.29, 0.717) is 0 Å². The Balaban J connectivity index is 2.59. The molecule has 0 saturated carbocycles. The van der Waals surface area contributed by atoms with Crippen molar-refractivity contribution in [3.8, 4) is 16.9 Å². The Morgan fingerprint density at radius 3 is 2.40 bits per heavy atom. The highest BCUT2D eigenvalue weighted by molar-refractivity contribution is 5.68. The van der Waals surface area contributed by atoms with Crippen LogP contribution < -0.4 is 0 Å². The van der Waals surface area contributed by atoms with Gasteiger partial charge in [0.25, 0.3) is 0 Å². The van der Waals surface area contributed by atoms with Crippen molar-refractivity contribution in [3.05, 3.63) is 53.8 Å². The number of phenolic OH excluding ortho intramolecular Hbond substituents is 1. The Morgan fingerprint density at radius 1 is 1.07 bits per heavy atom. The van der Waals surface area contributed by atoms with Crippen molar-refractivity contribution in [2.45, 2.75) is 6.92 Å².